The molecule has 1 aromatic heterocycles. The highest BCUT2D eigenvalue weighted by molar-refractivity contribution is 5.91. The van der Waals surface area contributed by atoms with Crippen LogP contribution >= 0.6 is 0 Å². The van der Waals surface area contributed by atoms with Gasteiger partial charge in [-0.1, -0.05) is 42.5 Å². The normalized spacial score (nSPS) is 14.0. The van der Waals surface area contributed by atoms with Gasteiger partial charge in [0.05, 0.1) is 5.69 Å². The average Bonchev–Trinajstić information content (AvgIpc) is 3.32. The Balaban J connectivity index is 1.18. The number of fused-ring (bicyclic) bond motifs is 1. The second kappa shape index (κ2) is 8.67. The molecule has 2 heterocycles. The minimum atomic E-state index is -0.126. The number of furan rings is 1. The summed E-state index contributed by atoms with van der Waals surface area (Å²) in [5.74, 6) is 1.81. The number of aromatic hydroxyl groups is 1. The number of carbonyl (C=O) groups excluding carboxylic acids is 1. The molecule has 6 nitrogen and oxygen atoms in total. The zero-order chi connectivity index (χ0) is 21.9. The van der Waals surface area contributed by atoms with Gasteiger partial charge < -0.3 is 24.1 Å². The van der Waals surface area contributed by atoms with Crippen LogP contribution in [0.4, 0.5) is 5.69 Å². The molecule has 0 aliphatic carbocycles. The number of piperazine rings is 1. The molecule has 5 rings (SSSR count). The highest BCUT2D eigenvalue weighted by Gasteiger charge is 2.25. The number of benzene rings is 3. The van der Waals surface area contributed by atoms with Crippen LogP contribution in [0.2, 0.25) is 0 Å². The number of nitrogens with zero attached hydrogens (tertiary/aromatic N) is 2. The van der Waals surface area contributed by atoms with Crippen LogP contribution in [0.1, 0.15) is 16.3 Å². The van der Waals surface area contributed by atoms with Gasteiger partial charge in [0.2, 0.25) is 0 Å². The molecule has 0 radical (unpaired) electrons. The molecule has 0 atom stereocenters. The molecule has 1 aliphatic heterocycles. The monoisotopic (exact) mass is 428 g/mol. The van der Waals surface area contributed by atoms with E-state index in [0.29, 0.717) is 37.7 Å². The molecule has 1 amide bonds. The molecular weight excluding hydrogens is 404 g/mol. The number of phenolic OH excluding ortho intramolecular Hbond substituents is 1. The van der Waals surface area contributed by atoms with E-state index in [0.717, 1.165) is 22.2 Å². The predicted molar refractivity (Wildman–Crippen MR) is 123 cm³/mol. The number of para-hydroxylation sites is 2. The number of phenols is 1. The van der Waals surface area contributed by atoms with Gasteiger partial charge in [0.1, 0.15) is 23.9 Å². The largest absolute Gasteiger partial charge is 0.506 e. The van der Waals surface area contributed by atoms with E-state index in [1.165, 1.54) is 0 Å². The Morgan fingerprint density at radius 3 is 2.44 bits per heavy atom. The summed E-state index contributed by atoms with van der Waals surface area (Å²) >= 11 is 0. The number of anilines is 1. The summed E-state index contributed by atoms with van der Waals surface area (Å²) in [5.41, 5.74) is 0.797. The van der Waals surface area contributed by atoms with Gasteiger partial charge in [0.25, 0.3) is 5.91 Å². The molecular formula is C26H24N2O4. The Kier molecular flexibility index (Phi) is 5.42. The van der Waals surface area contributed by atoms with Crippen molar-refractivity contribution in [2.75, 3.05) is 31.1 Å². The molecule has 1 N–H and O–H groups in total. The smallest absolute Gasteiger partial charge is 0.289 e. The van der Waals surface area contributed by atoms with E-state index >= 15 is 0 Å². The Morgan fingerprint density at radius 1 is 0.875 bits per heavy atom. The number of hydrogen-bond donors (Lipinski definition) is 1. The van der Waals surface area contributed by atoms with Gasteiger partial charge in [-0.15, -0.1) is 0 Å². The van der Waals surface area contributed by atoms with Crippen molar-refractivity contribution in [2.45, 2.75) is 6.61 Å². The standard InChI is InChI=1S/C26H24N2O4/c29-24-8-4-3-7-23(24)27-13-15-28(16-14-27)26(30)25-12-11-22(32-25)18-31-21-10-9-19-5-1-2-6-20(19)17-21/h1-12,17,29H,13-16,18H2. The molecule has 32 heavy (non-hydrogen) atoms. The lowest BCUT2D eigenvalue weighted by Gasteiger charge is -2.35. The van der Waals surface area contributed by atoms with E-state index in [1.807, 2.05) is 48.5 Å². The molecule has 3 aromatic carbocycles. The van der Waals surface area contributed by atoms with E-state index in [4.69, 9.17) is 9.15 Å². The minimum Gasteiger partial charge on any atom is -0.506 e. The third-order valence-electron chi connectivity index (χ3n) is 5.76. The Bertz CT molecular complexity index is 1240. The Labute approximate surface area is 186 Å². The van der Waals surface area contributed by atoms with Crippen molar-refractivity contribution in [1.82, 2.24) is 4.90 Å². The number of carbonyl (C=O) groups is 1. The SMILES string of the molecule is O=C(c1ccc(COc2ccc3ccccc3c2)o1)N1CCN(c2ccccc2O)CC1. The maximum Gasteiger partial charge on any atom is 0.289 e. The fourth-order valence-corrected chi connectivity index (χ4v) is 4.02. The molecule has 1 aliphatic rings. The maximum absolute atomic E-state index is 12.9. The Morgan fingerprint density at radius 2 is 1.62 bits per heavy atom. The van der Waals surface area contributed by atoms with Crippen LogP contribution < -0.4 is 9.64 Å². The molecule has 162 valence electrons. The third kappa shape index (κ3) is 4.12. The topological polar surface area (TPSA) is 66.2 Å². The molecule has 0 unspecified atom stereocenters. The molecule has 1 fully saturated rings. The lowest BCUT2D eigenvalue weighted by atomic mass is 10.1. The molecule has 1 saturated heterocycles. The summed E-state index contributed by atoms with van der Waals surface area (Å²) in [4.78, 5) is 16.7. The summed E-state index contributed by atoms with van der Waals surface area (Å²) < 4.78 is 11.6. The van der Waals surface area contributed by atoms with Crippen LogP contribution in [0.3, 0.4) is 0 Å². The van der Waals surface area contributed by atoms with Crippen LogP contribution in [0, 0.1) is 0 Å². The number of hydrogen-bond acceptors (Lipinski definition) is 5. The molecule has 4 aromatic rings. The summed E-state index contributed by atoms with van der Waals surface area (Å²) in [5, 5.41) is 12.3. The first kappa shape index (κ1) is 20.0. The van der Waals surface area contributed by atoms with E-state index in [1.54, 1.807) is 29.2 Å². The van der Waals surface area contributed by atoms with Gasteiger partial charge in [-0.2, -0.15) is 0 Å². The van der Waals surface area contributed by atoms with Crippen molar-refractivity contribution in [3.8, 4) is 11.5 Å². The first-order chi connectivity index (χ1) is 15.7. The van der Waals surface area contributed by atoms with Crippen LogP contribution in [0.5, 0.6) is 11.5 Å². The fourth-order valence-electron chi connectivity index (χ4n) is 4.02. The number of rotatable bonds is 5. The van der Waals surface area contributed by atoms with E-state index in [2.05, 4.69) is 11.0 Å². The third-order valence-corrected chi connectivity index (χ3v) is 5.76. The summed E-state index contributed by atoms with van der Waals surface area (Å²) in [6.45, 7) is 2.70. The lowest BCUT2D eigenvalue weighted by molar-refractivity contribution is 0.0710. The number of ether oxygens (including phenoxy) is 1. The minimum absolute atomic E-state index is 0.126. The fraction of sp³-hybridized carbons (Fsp3) is 0.192. The summed E-state index contributed by atoms with van der Waals surface area (Å²) in [7, 11) is 0. The van der Waals surface area contributed by atoms with Crippen LogP contribution in [-0.4, -0.2) is 42.1 Å². The Hall–Kier alpha value is -3.93. The summed E-state index contributed by atoms with van der Waals surface area (Å²) in [6, 6.07) is 24.8. The van der Waals surface area contributed by atoms with Crippen molar-refractivity contribution in [1.29, 1.82) is 0 Å². The molecule has 6 heteroatoms. The zero-order valence-corrected chi connectivity index (χ0v) is 17.6. The van der Waals surface area contributed by atoms with Crippen molar-refractivity contribution in [3.05, 3.63) is 90.4 Å². The average molecular weight is 428 g/mol. The molecule has 0 spiro atoms. The van der Waals surface area contributed by atoms with Crippen LogP contribution in [0.25, 0.3) is 10.8 Å². The number of amides is 1. The maximum atomic E-state index is 12.9. The quantitative estimate of drug-likeness (QED) is 0.500. The first-order valence-corrected chi connectivity index (χ1v) is 10.7. The van der Waals surface area contributed by atoms with Crippen molar-refractivity contribution >= 4 is 22.4 Å². The van der Waals surface area contributed by atoms with Crippen molar-refractivity contribution in [2.24, 2.45) is 0 Å². The second-order valence-corrected chi connectivity index (χ2v) is 7.83. The van der Waals surface area contributed by atoms with Crippen molar-refractivity contribution < 1.29 is 19.1 Å². The second-order valence-electron chi connectivity index (χ2n) is 7.83. The molecule has 0 saturated carbocycles. The van der Waals surface area contributed by atoms with E-state index in [9.17, 15) is 9.90 Å². The van der Waals surface area contributed by atoms with Gasteiger partial charge in [-0.05, 0) is 47.2 Å². The van der Waals surface area contributed by atoms with Crippen LogP contribution in [0.15, 0.2) is 83.3 Å². The lowest BCUT2D eigenvalue weighted by Crippen LogP contribution is -2.48. The first-order valence-electron chi connectivity index (χ1n) is 10.7. The van der Waals surface area contributed by atoms with Gasteiger partial charge in [-0.25, -0.2) is 0 Å². The van der Waals surface area contributed by atoms with Gasteiger partial charge in [-0.3, -0.25) is 4.79 Å². The highest BCUT2D eigenvalue weighted by Crippen LogP contribution is 2.27. The zero-order valence-electron chi connectivity index (χ0n) is 17.6. The highest BCUT2D eigenvalue weighted by atomic mass is 16.5. The van der Waals surface area contributed by atoms with E-state index < -0.39 is 0 Å². The molecule has 0 bridgehead atoms. The van der Waals surface area contributed by atoms with E-state index in [-0.39, 0.29) is 18.3 Å². The van der Waals surface area contributed by atoms with Gasteiger partial charge in [0.15, 0.2) is 5.76 Å². The van der Waals surface area contributed by atoms with Gasteiger partial charge >= 0.3 is 0 Å². The predicted octanol–water partition coefficient (Wildman–Crippen LogP) is 4.68. The van der Waals surface area contributed by atoms with Crippen molar-refractivity contribution in [3.63, 3.8) is 0 Å². The van der Waals surface area contributed by atoms with Gasteiger partial charge in [0, 0.05) is 26.2 Å². The summed E-state index contributed by atoms with van der Waals surface area (Å²) in [6.07, 6.45) is 0. The van der Waals surface area contributed by atoms with Crippen LogP contribution in [-0.2, 0) is 6.61 Å².